The van der Waals surface area contributed by atoms with Crippen LogP contribution in [0.25, 0.3) is 10.9 Å². The monoisotopic (exact) mass is 261 g/mol. The molecule has 0 amide bonds. The van der Waals surface area contributed by atoms with E-state index in [2.05, 4.69) is 15.3 Å². The minimum atomic E-state index is -0.311. The molecular formula is C14H16FN3O. The van der Waals surface area contributed by atoms with E-state index in [1.54, 1.807) is 6.07 Å². The molecule has 1 aromatic heterocycles. The second kappa shape index (κ2) is 5.48. The van der Waals surface area contributed by atoms with Crippen molar-refractivity contribution in [2.24, 2.45) is 5.92 Å². The van der Waals surface area contributed by atoms with Gasteiger partial charge in [0.05, 0.1) is 0 Å². The summed E-state index contributed by atoms with van der Waals surface area (Å²) < 4.78 is 19.0. The lowest BCUT2D eigenvalue weighted by molar-refractivity contribution is 0.0699. The number of anilines is 1. The van der Waals surface area contributed by atoms with Crippen LogP contribution in [0.15, 0.2) is 24.5 Å². The summed E-state index contributed by atoms with van der Waals surface area (Å²) in [6.45, 7) is 2.49. The molecule has 0 unspecified atom stereocenters. The predicted octanol–water partition coefficient (Wildman–Crippen LogP) is 2.61. The van der Waals surface area contributed by atoms with Crippen LogP contribution in [0.3, 0.4) is 0 Å². The molecule has 1 aromatic carbocycles. The fourth-order valence-electron chi connectivity index (χ4n) is 2.38. The molecule has 1 fully saturated rings. The molecule has 5 heteroatoms. The van der Waals surface area contributed by atoms with Crippen molar-refractivity contribution in [3.8, 4) is 0 Å². The molecule has 1 N–H and O–H groups in total. The molecule has 0 saturated carbocycles. The van der Waals surface area contributed by atoms with E-state index < -0.39 is 0 Å². The van der Waals surface area contributed by atoms with Gasteiger partial charge in [0.2, 0.25) is 0 Å². The first-order chi connectivity index (χ1) is 9.34. The third-order valence-corrected chi connectivity index (χ3v) is 3.51. The van der Waals surface area contributed by atoms with E-state index >= 15 is 0 Å². The summed E-state index contributed by atoms with van der Waals surface area (Å²) in [7, 11) is 0. The van der Waals surface area contributed by atoms with Crippen LogP contribution in [-0.2, 0) is 4.74 Å². The molecule has 0 atom stereocenters. The molecule has 1 aliphatic heterocycles. The van der Waals surface area contributed by atoms with E-state index in [-0.39, 0.29) is 5.82 Å². The lowest BCUT2D eigenvalue weighted by atomic mass is 10.0. The molecular weight excluding hydrogens is 245 g/mol. The first-order valence-corrected chi connectivity index (χ1v) is 6.55. The summed E-state index contributed by atoms with van der Waals surface area (Å²) >= 11 is 0. The van der Waals surface area contributed by atoms with Crippen LogP contribution in [0.4, 0.5) is 10.2 Å². The van der Waals surface area contributed by atoms with Crippen molar-refractivity contribution in [2.75, 3.05) is 25.1 Å². The van der Waals surface area contributed by atoms with Crippen molar-refractivity contribution < 1.29 is 9.13 Å². The Hall–Kier alpha value is -1.75. The van der Waals surface area contributed by atoms with Gasteiger partial charge in [-0.05, 0) is 30.9 Å². The molecule has 2 aromatic rings. The Balaban J connectivity index is 1.79. The third-order valence-electron chi connectivity index (χ3n) is 3.51. The Morgan fingerprint density at radius 1 is 1.26 bits per heavy atom. The second-order valence-corrected chi connectivity index (χ2v) is 4.79. The summed E-state index contributed by atoms with van der Waals surface area (Å²) in [5.41, 5.74) is 0.368. The number of hydrogen-bond donors (Lipinski definition) is 1. The maximum absolute atomic E-state index is 13.6. The number of nitrogens with zero attached hydrogens (tertiary/aromatic N) is 2. The quantitative estimate of drug-likeness (QED) is 0.922. The summed E-state index contributed by atoms with van der Waals surface area (Å²) in [5, 5.41) is 4.04. The normalized spacial score (nSPS) is 16.7. The maximum Gasteiger partial charge on any atom is 0.149 e. The van der Waals surface area contributed by atoms with Crippen LogP contribution in [-0.4, -0.2) is 29.7 Å². The fraction of sp³-hybridized carbons (Fsp3) is 0.429. The number of hydrogen-bond acceptors (Lipinski definition) is 4. The van der Waals surface area contributed by atoms with E-state index in [1.807, 2.05) is 6.07 Å². The molecule has 2 heterocycles. The summed E-state index contributed by atoms with van der Waals surface area (Å²) in [5.74, 6) is 0.984. The first kappa shape index (κ1) is 12.3. The average Bonchev–Trinajstić information content (AvgIpc) is 2.47. The zero-order chi connectivity index (χ0) is 13.1. The first-order valence-electron chi connectivity index (χ1n) is 6.55. The van der Waals surface area contributed by atoms with Crippen LogP contribution < -0.4 is 5.32 Å². The number of aromatic nitrogens is 2. The van der Waals surface area contributed by atoms with Gasteiger partial charge in [-0.2, -0.15) is 0 Å². The number of nitrogens with one attached hydrogen (secondary N) is 1. The zero-order valence-corrected chi connectivity index (χ0v) is 10.6. The molecule has 0 spiro atoms. The van der Waals surface area contributed by atoms with Crippen molar-refractivity contribution in [3.05, 3.63) is 30.3 Å². The lowest BCUT2D eigenvalue weighted by Crippen LogP contribution is -2.23. The predicted molar refractivity (Wildman–Crippen MR) is 71.5 cm³/mol. The minimum Gasteiger partial charge on any atom is -0.381 e. The van der Waals surface area contributed by atoms with Crippen molar-refractivity contribution >= 4 is 16.7 Å². The van der Waals surface area contributed by atoms with Gasteiger partial charge in [-0.3, -0.25) is 0 Å². The van der Waals surface area contributed by atoms with Crippen LogP contribution in [0.5, 0.6) is 0 Å². The highest BCUT2D eigenvalue weighted by atomic mass is 19.1. The molecule has 19 heavy (non-hydrogen) atoms. The van der Waals surface area contributed by atoms with E-state index in [1.165, 1.54) is 12.4 Å². The molecule has 3 rings (SSSR count). The average molecular weight is 261 g/mol. The number of benzene rings is 1. The standard InChI is InChI=1S/C14H16FN3O/c15-12-3-1-2-11-13(12)17-9-18-14(11)16-8-10-4-6-19-7-5-10/h1-3,9-10H,4-8H2,(H,16,17,18). The molecule has 100 valence electrons. The van der Waals surface area contributed by atoms with E-state index in [0.717, 1.165) is 38.0 Å². The smallest absolute Gasteiger partial charge is 0.149 e. The van der Waals surface area contributed by atoms with Crippen molar-refractivity contribution in [1.29, 1.82) is 0 Å². The minimum absolute atomic E-state index is 0.311. The largest absolute Gasteiger partial charge is 0.381 e. The summed E-state index contributed by atoms with van der Waals surface area (Å²) in [6, 6.07) is 4.93. The van der Waals surface area contributed by atoms with Gasteiger partial charge >= 0.3 is 0 Å². The third kappa shape index (κ3) is 2.66. The van der Waals surface area contributed by atoms with Crippen LogP contribution in [0.2, 0.25) is 0 Å². The van der Waals surface area contributed by atoms with E-state index in [0.29, 0.717) is 17.3 Å². The van der Waals surface area contributed by atoms with Crippen LogP contribution in [0.1, 0.15) is 12.8 Å². The number of para-hydroxylation sites is 1. The fourth-order valence-corrected chi connectivity index (χ4v) is 2.38. The van der Waals surface area contributed by atoms with Gasteiger partial charge in [0.1, 0.15) is 23.5 Å². The molecule has 1 aliphatic rings. The Morgan fingerprint density at radius 3 is 2.95 bits per heavy atom. The highest BCUT2D eigenvalue weighted by molar-refractivity contribution is 5.89. The van der Waals surface area contributed by atoms with Gasteiger partial charge in [0.15, 0.2) is 0 Å². The Morgan fingerprint density at radius 2 is 2.11 bits per heavy atom. The number of ether oxygens (including phenoxy) is 1. The van der Waals surface area contributed by atoms with E-state index in [4.69, 9.17) is 4.74 Å². The zero-order valence-electron chi connectivity index (χ0n) is 10.6. The molecule has 0 aliphatic carbocycles. The van der Waals surface area contributed by atoms with Crippen molar-refractivity contribution in [2.45, 2.75) is 12.8 Å². The molecule has 4 nitrogen and oxygen atoms in total. The Bertz CT molecular complexity index is 570. The maximum atomic E-state index is 13.6. The van der Waals surface area contributed by atoms with E-state index in [9.17, 15) is 4.39 Å². The molecule has 1 saturated heterocycles. The number of rotatable bonds is 3. The van der Waals surface area contributed by atoms with Crippen molar-refractivity contribution in [1.82, 2.24) is 9.97 Å². The SMILES string of the molecule is Fc1cccc2c(NCC3CCOCC3)ncnc12. The molecule has 0 bridgehead atoms. The summed E-state index contributed by atoms with van der Waals surface area (Å²) in [4.78, 5) is 8.20. The molecule has 0 radical (unpaired) electrons. The topological polar surface area (TPSA) is 47.0 Å². The van der Waals surface area contributed by atoms with Crippen molar-refractivity contribution in [3.63, 3.8) is 0 Å². The van der Waals surface area contributed by atoms with Gasteiger partial charge in [0, 0.05) is 25.1 Å². The van der Waals surface area contributed by atoms with Crippen LogP contribution >= 0.6 is 0 Å². The lowest BCUT2D eigenvalue weighted by Gasteiger charge is -2.22. The Labute approximate surface area is 111 Å². The van der Waals surface area contributed by atoms with Gasteiger partial charge in [-0.25, -0.2) is 14.4 Å². The van der Waals surface area contributed by atoms with Gasteiger partial charge in [-0.15, -0.1) is 0 Å². The number of halogens is 1. The highest BCUT2D eigenvalue weighted by Crippen LogP contribution is 2.22. The highest BCUT2D eigenvalue weighted by Gasteiger charge is 2.14. The van der Waals surface area contributed by atoms with Gasteiger partial charge in [-0.1, -0.05) is 6.07 Å². The van der Waals surface area contributed by atoms with Crippen LogP contribution in [0, 0.1) is 11.7 Å². The van der Waals surface area contributed by atoms with Gasteiger partial charge in [0.25, 0.3) is 0 Å². The second-order valence-electron chi connectivity index (χ2n) is 4.79. The Kier molecular flexibility index (Phi) is 3.55. The number of fused-ring (bicyclic) bond motifs is 1. The summed E-state index contributed by atoms with van der Waals surface area (Å²) in [6.07, 6.45) is 3.52. The van der Waals surface area contributed by atoms with Gasteiger partial charge < -0.3 is 10.1 Å².